The Labute approximate surface area is 135 Å². The van der Waals surface area contributed by atoms with Crippen LogP contribution in [0.5, 0.6) is 0 Å². The number of amides is 2. The summed E-state index contributed by atoms with van der Waals surface area (Å²) in [5.74, 6) is -0.434. The molecule has 0 atom stereocenters. The van der Waals surface area contributed by atoms with Crippen LogP contribution in [-0.2, 0) is 11.3 Å². The maximum absolute atomic E-state index is 11.8. The number of carbonyl (C=O) groups is 2. The normalized spacial score (nSPS) is 9.82. The van der Waals surface area contributed by atoms with Gasteiger partial charge in [0.2, 0.25) is 5.91 Å². The van der Waals surface area contributed by atoms with Crippen LogP contribution < -0.4 is 10.6 Å². The van der Waals surface area contributed by atoms with E-state index in [1.807, 2.05) is 0 Å². The molecule has 2 aromatic rings. The van der Waals surface area contributed by atoms with Crippen molar-refractivity contribution in [2.75, 3.05) is 5.32 Å². The van der Waals surface area contributed by atoms with Gasteiger partial charge in [-0.25, -0.2) is 0 Å². The number of nitrogens with zero attached hydrogens (tertiary/aromatic N) is 1. The number of furan rings is 1. The van der Waals surface area contributed by atoms with E-state index < -0.39 is 0 Å². The zero-order valence-electron chi connectivity index (χ0n) is 11.4. The summed E-state index contributed by atoms with van der Waals surface area (Å²) in [5.41, 5.74) is 1.47. The fourth-order valence-corrected chi connectivity index (χ4v) is 2.00. The predicted octanol–water partition coefficient (Wildman–Crippen LogP) is 2.82. The van der Waals surface area contributed by atoms with Crippen LogP contribution in [0.15, 0.2) is 45.5 Å². The largest absolute Gasteiger partial charge is 0.444 e. The summed E-state index contributed by atoms with van der Waals surface area (Å²) in [6, 6.07) is 12.0. The number of nitrogens with one attached hydrogen (secondary N) is 2. The van der Waals surface area contributed by atoms with E-state index in [9.17, 15) is 9.59 Å². The first-order valence-electron chi connectivity index (χ1n) is 6.38. The van der Waals surface area contributed by atoms with Gasteiger partial charge in [-0.1, -0.05) is 12.1 Å². The molecule has 0 aliphatic rings. The molecule has 0 saturated carbocycles. The minimum Gasteiger partial charge on any atom is -0.444 e. The molecule has 0 bridgehead atoms. The SMILES string of the molecule is N#CCC(=O)Nc1ccc(CNC(=O)c2ccc(Br)o2)cc1. The molecule has 1 aromatic carbocycles. The highest BCUT2D eigenvalue weighted by atomic mass is 79.9. The van der Waals surface area contributed by atoms with E-state index in [4.69, 9.17) is 9.68 Å². The fourth-order valence-electron chi connectivity index (χ4n) is 1.69. The van der Waals surface area contributed by atoms with Crippen molar-refractivity contribution in [1.29, 1.82) is 5.26 Å². The third kappa shape index (κ3) is 4.46. The quantitative estimate of drug-likeness (QED) is 0.855. The summed E-state index contributed by atoms with van der Waals surface area (Å²) in [7, 11) is 0. The molecule has 1 aromatic heterocycles. The summed E-state index contributed by atoms with van der Waals surface area (Å²) in [4.78, 5) is 23.1. The Morgan fingerprint density at radius 3 is 2.50 bits per heavy atom. The lowest BCUT2D eigenvalue weighted by molar-refractivity contribution is -0.115. The summed E-state index contributed by atoms with van der Waals surface area (Å²) in [6.45, 7) is 0.337. The summed E-state index contributed by atoms with van der Waals surface area (Å²) >= 11 is 3.13. The lowest BCUT2D eigenvalue weighted by atomic mass is 10.2. The van der Waals surface area contributed by atoms with Gasteiger partial charge in [0.1, 0.15) is 6.42 Å². The molecule has 0 aliphatic carbocycles. The lowest BCUT2D eigenvalue weighted by Crippen LogP contribution is -2.22. The second kappa shape index (κ2) is 7.43. The molecule has 2 amide bonds. The number of hydrogen-bond acceptors (Lipinski definition) is 4. The Kier molecular flexibility index (Phi) is 5.33. The average molecular weight is 362 g/mol. The first-order valence-corrected chi connectivity index (χ1v) is 7.17. The second-order valence-electron chi connectivity index (χ2n) is 4.37. The molecule has 0 aliphatic heterocycles. The van der Waals surface area contributed by atoms with Gasteiger partial charge < -0.3 is 15.1 Å². The number of anilines is 1. The Morgan fingerprint density at radius 2 is 1.91 bits per heavy atom. The number of carbonyl (C=O) groups excluding carboxylic acids is 2. The van der Waals surface area contributed by atoms with E-state index in [0.717, 1.165) is 5.56 Å². The Bertz CT molecular complexity index is 716. The number of rotatable bonds is 5. The minimum absolute atomic E-state index is 0.184. The molecule has 2 N–H and O–H groups in total. The van der Waals surface area contributed by atoms with Crippen molar-refractivity contribution in [3.05, 3.63) is 52.4 Å². The zero-order chi connectivity index (χ0) is 15.9. The summed E-state index contributed by atoms with van der Waals surface area (Å²) in [5, 5.41) is 13.7. The second-order valence-corrected chi connectivity index (χ2v) is 5.15. The standard InChI is InChI=1S/C15H12BrN3O3/c16-13-6-5-12(22-13)15(21)18-9-10-1-3-11(4-2-10)19-14(20)7-8-17/h1-6H,7,9H2,(H,18,21)(H,19,20). The monoisotopic (exact) mass is 361 g/mol. The Morgan fingerprint density at radius 1 is 1.18 bits per heavy atom. The van der Waals surface area contributed by atoms with Crippen LogP contribution in [0.1, 0.15) is 22.5 Å². The van der Waals surface area contributed by atoms with Crippen molar-refractivity contribution in [3.8, 4) is 6.07 Å². The van der Waals surface area contributed by atoms with Crippen molar-refractivity contribution in [1.82, 2.24) is 5.32 Å². The first-order chi connectivity index (χ1) is 10.6. The first kappa shape index (κ1) is 15.8. The average Bonchev–Trinajstić information content (AvgIpc) is 2.93. The molecule has 0 fully saturated rings. The molecule has 7 heteroatoms. The van der Waals surface area contributed by atoms with Gasteiger partial charge >= 0.3 is 0 Å². The van der Waals surface area contributed by atoms with Gasteiger partial charge in [0.05, 0.1) is 6.07 Å². The van der Waals surface area contributed by atoms with E-state index >= 15 is 0 Å². The van der Waals surface area contributed by atoms with Crippen LogP contribution in [-0.4, -0.2) is 11.8 Å². The molecule has 112 valence electrons. The van der Waals surface area contributed by atoms with Crippen LogP contribution in [0, 0.1) is 11.3 Å². The lowest BCUT2D eigenvalue weighted by Gasteiger charge is -2.06. The van der Waals surface area contributed by atoms with E-state index in [1.54, 1.807) is 42.5 Å². The molecule has 0 saturated heterocycles. The van der Waals surface area contributed by atoms with Crippen molar-refractivity contribution >= 4 is 33.4 Å². The highest BCUT2D eigenvalue weighted by molar-refractivity contribution is 9.10. The molecule has 1 heterocycles. The summed E-state index contributed by atoms with van der Waals surface area (Å²) in [6.07, 6.45) is -0.184. The third-order valence-electron chi connectivity index (χ3n) is 2.73. The maximum atomic E-state index is 11.8. The zero-order valence-corrected chi connectivity index (χ0v) is 13.0. The summed E-state index contributed by atoms with van der Waals surface area (Å²) < 4.78 is 5.65. The Hall–Kier alpha value is -2.59. The molecule has 0 unspecified atom stereocenters. The minimum atomic E-state index is -0.355. The molecular formula is C15H12BrN3O3. The van der Waals surface area contributed by atoms with E-state index in [2.05, 4.69) is 26.6 Å². The van der Waals surface area contributed by atoms with E-state index in [0.29, 0.717) is 16.9 Å². The highest BCUT2D eigenvalue weighted by Crippen LogP contribution is 2.14. The van der Waals surface area contributed by atoms with Crippen LogP contribution in [0.25, 0.3) is 0 Å². The van der Waals surface area contributed by atoms with Crippen LogP contribution in [0.2, 0.25) is 0 Å². The van der Waals surface area contributed by atoms with Crippen molar-refractivity contribution in [2.24, 2.45) is 0 Å². The fraction of sp³-hybridized carbons (Fsp3) is 0.133. The van der Waals surface area contributed by atoms with Crippen molar-refractivity contribution in [3.63, 3.8) is 0 Å². The van der Waals surface area contributed by atoms with Gasteiger partial charge in [0, 0.05) is 12.2 Å². The number of halogens is 1. The van der Waals surface area contributed by atoms with Gasteiger partial charge in [0.15, 0.2) is 10.4 Å². The highest BCUT2D eigenvalue weighted by Gasteiger charge is 2.09. The number of benzene rings is 1. The van der Waals surface area contributed by atoms with Gasteiger partial charge in [-0.15, -0.1) is 0 Å². The topological polar surface area (TPSA) is 95.1 Å². The number of hydrogen-bond donors (Lipinski definition) is 2. The Balaban J connectivity index is 1.87. The molecule has 22 heavy (non-hydrogen) atoms. The maximum Gasteiger partial charge on any atom is 0.287 e. The third-order valence-corrected chi connectivity index (χ3v) is 3.15. The molecular weight excluding hydrogens is 350 g/mol. The van der Waals surface area contributed by atoms with E-state index in [1.165, 1.54) is 0 Å². The number of nitriles is 1. The van der Waals surface area contributed by atoms with Crippen LogP contribution in [0.4, 0.5) is 5.69 Å². The van der Waals surface area contributed by atoms with Crippen LogP contribution in [0.3, 0.4) is 0 Å². The molecule has 0 spiro atoms. The smallest absolute Gasteiger partial charge is 0.287 e. The van der Waals surface area contributed by atoms with E-state index in [-0.39, 0.29) is 24.0 Å². The van der Waals surface area contributed by atoms with Crippen molar-refractivity contribution < 1.29 is 14.0 Å². The molecule has 2 rings (SSSR count). The van der Waals surface area contributed by atoms with Gasteiger partial charge in [0.25, 0.3) is 5.91 Å². The predicted molar refractivity (Wildman–Crippen MR) is 82.9 cm³/mol. The molecule has 6 nitrogen and oxygen atoms in total. The van der Waals surface area contributed by atoms with Gasteiger partial charge in [-0.05, 0) is 45.8 Å². The van der Waals surface area contributed by atoms with Gasteiger partial charge in [-0.2, -0.15) is 5.26 Å². The van der Waals surface area contributed by atoms with Crippen molar-refractivity contribution in [2.45, 2.75) is 13.0 Å². The van der Waals surface area contributed by atoms with Crippen LogP contribution >= 0.6 is 15.9 Å². The van der Waals surface area contributed by atoms with Gasteiger partial charge in [-0.3, -0.25) is 9.59 Å². The molecule has 0 radical (unpaired) electrons.